The van der Waals surface area contributed by atoms with E-state index in [-0.39, 0.29) is 41.3 Å². The number of hydrogen-bond acceptors (Lipinski definition) is 7. The Hall–Kier alpha value is -4.02. The zero-order chi connectivity index (χ0) is 28.6. The third-order valence-electron chi connectivity index (χ3n) is 7.89. The smallest absolute Gasteiger partial charge is 0.264 e. The highest BCUT2D eigenvalue weighted by Gasteiger charge is 2.45. The fraction of sp³-hybridized carbons (Fsp3) is 0.517. The van der Waals surface area contributed by atoms with Gasteiger partial charge < -0.3 is 10.2 Å². The van der Waals surface area contributed by atoms with Crippen LogP contribution in [0.1, 0.15) is 91.6 Å². The minimum absolute atomic E-state index is 0.0748. The lowest BCUT2D eigenvalue weighted by molar-refractivity contribution is -0.136. The van der Waals surface area contributed by atoms with Crippen molar-refractivity contribution < 1.29 is 24.0 Å². The Labute approximate surface area is 233 Å². The summed E-state index contributed by atoms with van der Waals surface area (Å²) in [6.45, 7) is 8.27. The second-order valence-corrected chi connectivity index (χ2v) is 12.0. The van der Waals surface area contributed by atoms with Crippen molar-refractivity contribution >= 4 is 35.2 Å². The molecule has 2 saturated heterocycles. The fourth-order valence-corrected chi connectivity index (χ4v) is 5.55. The molecule has 2 aromatic rings. The molecule has 3 aliphatic rings. The highest BCUT2D eigenvalue weighted by Crippen LogP contribution is 2.33. The molecular formula is C29H36N6O5. The number of carbonyl (C=O) groups is 5. The molecule has 1 aromatic heterocycles. The molecule has 2 N–H and O–H groups in total. The number of anilines is 1. The largest absolute Gasteiger partial charge is 0.380 e. The molecule has 0 radical (unpaired) electrons. The van der Waals surface area contributed by atoms with Crippen molar-refractivity contribution in [3.05, 3.63) is 47.3 Å². The molecule has 5 rings (SSSR count). The summed E-state index contributed by atoms with van der Waals surface area (Å²) >= 11 is 0. The minimum Gasteiger partial charge on any atom is -0.380 e. The standard InChI is InChI=1S/C29H36N6O5/c1-29(2,3)12-9-24(37)33-13-10-19(11-14-33)34-17-18(16-31-34)15-30-21-6-4-5-20-25(21)28(40)35(27(20)39)22-7-8-23(36)32-26(22)38/h4-6,16-17,19,22,30H,7-15H2,1-3H3,(H,32,36,38). The average Bonchev–Trinajstić information content (AvgIpc) is 3.49. The fourth-order valence-electron chi connectivity index (χ4n) is 5.55. The second kappa shape index (κ2) is 10.9. The summed E-state index contributed by atoms with van der Waals surface area (Å²) < 4.78 is 1.95. The SMILES string of the molecule is CC(C)(C)CCC(=O)N1CCC(n2cc(CNc3cccc4c3C(=O)N(C3CCC(=O)NC3=O)C4=O)cn2)CC1. The van der Waals surface area contributed by atoms with Crippen LogP contribution in [0.5, 0.6) is 0 Å². The molecular weight excluding hydrogens is 512 g/mol. The van der Waals surface area contributed by atoms with Crippen LogP contribution in [0.4, 0.5) is 5.69 Å². The highest BCUT2D eigenvalue weighted by atomic mass is 16.2. The molecule has 0 spiro atoms. The summed E-state index contributed by atoms with van der Waals surface area (Å²) in [5.74, 6) is -1.90. The lowest BCUT2D eigenvalue weighted by atomic mass is 9.90. The van der Waals surface area contributed by atoms with E-state index in [2.05, 4.69) is 36.5 Å². The van der Waals surface area contributed by atoms with Crippen LogP contribution in [-0.4, -0.2) is 68.2 Å². The van der Waals surface area contributed by atoms with Crippen molar-refractivity contribution in [1.82, 2.24) is 24.9 Å². The van der Waals surface area contributed by atoms with Crippen molar-refractivity contribution in [1.29, 1.82) is 0 Å². The number of hydrogen-bond donors (Lipinski definition) is 2. The number of nitrogens with one attached hydrogen (secondary N) is 2. The van der Waals surface area contributed by atoms with E-state index >= 15 is 0 Å². The zero-order valence-electron chi connectivity index (χ0n) is 23.2. The summed E-state index contributed by atoms with van der Waals surface area (Å²) in [5.41, 5.74) is 2.02. The lowest BCUT2D eigenvalue weighted by Gasteiger charge is -2.32. The third-order valence-corrected chi connectivity index (χ3v) is 7.89. The number of nitrogens with zero attached hydrogens (tertiary/aromatic N) is 4. The average molecular weight is 549 g/mol. The zero-order valence-corrected chi connectivity index (χ0v) is 23.2. The van der Waals surface area contributed by atoms with Gasteiger partial charge in [0.15, 0.2) is 0 Å². The van der Waals surface area contributed by atoms with Gasteiger partial charge in [0.1, 0.15) is 6.04 Å². The molecule has 212 valence electrons. The Morgan fingerprint density at radius 1 is 1.07 bits per heavy atom. The maximum absolute atomic E-state index is 13.3. The van der Waals surface area contributed by atoms with Crippen LogP contribution in [0, 0.1) is 5.41 Å². The van der Waals surface area contributed by atoms with E-state index in [0.717, 1.165) is 42.8 Å². The quantitative estimate of drug-likeness (QED) is 0.508. The normalized spacial score (nSPS) is 20.1. The van der Waals surface area contributed by atoms with Gasteiger partial charge in [0, 0.05) is 49.9 Å². The topological polar surface area (TPSA) is 134 Å². The highest BCUT2D eigenvalue weighted by molar-refractivity contribution is 6.25. The van der Waals surface area contributed by atoms with Crippen molar-refractivity contribution in [3.63, 3.8) is 0 Å². The van der Waals surface area contributed by atoms with E-state index < -0.39 is 29.7 Å². The van der Waals surface area contributed by atoms with Crippen molar-refractivity contribution in [2.45, 2.75) is 77.9 Å². The molecule has 1 atom stereocenters. The van der Waals surface area contributed by atoms with Crippen LogP contribution in [0.25, 0.3) is 0 Å². The summed E-state index contributed by atoms with van der Waals surface area (Å²) in [4.78, 5) is 65.8. The van der Waals surface area contributed by atoms with Crippen LogP contribution >= 0.6 is 0 Å². The van der Waals surface area contributed by atoms with Gasteiger partial charge >= 0.3 is 0 Å². The molecule has 11 nitrogen and oxygen atoms in total. The van der Waals surface area contributed by atoms with Crippen molar-refractivity contribution in [3.8, 4) is 0 Å². The van der Waals surface area contributed by atoms with E-state index in [4.69, 9.17) is 0 Å². The maximum Gasteiger partial charge on any atom is 0.264 e. The molecule has 0 bridgehead atoms. The van der Waals surface area contributed by atoms with Crippen LogP contribution in [0.2, 0.25) is 0 Å². The first-order chi connectivity index (χ1) is 19.0. The first kappa shape index (κ1) is 27.5. The number of amides is 5. The molecule has 1 unspecified atom stereocenters. The summed E-state index contributed by atoms with van der Waals surface area (Å²) in [5, 5.41) is 10.0. The van der Waals surface area contributed by atoms with Crippen LogP contribution < -0.4 is 10.6 Å². The molecule has 40 heavy (non-hydrogen) atoms. The van der Waals surface area contributed by atoms with E-state index in [0.29, 0.717) is 18.7 Å². The van der Waals surface area contributed by atoms with Gasteiger partial charge in [0.05, 0.1) is 23.4 Å². The first-order valence-corrected chi connectivity index (χ1v) is 13.9. The first-order valence-electron chi connectivity index (χ1n) is 13.9. The van der Waals surface area contributed by atoms with E-state index in [1.54, 1.807) is 24.4 Å². The molecule has 3 aliphatic heterocycles. The van der Waals surface area contributed by atoms with Gasteiger partial charge in [-0.05, 0) is 43.2 Å². The minimum atomic E-state index is -1.00. The second-order valence-electron chi connectivity index (χ2n) is 12.0. The summed E-state index contributed by atoms with van der Waals surface area (Å²) in [6, 6.07) is 4.21. The van der Waals surface area contributed by atoms with Gasteiger partial charge in [-0.3, -0.25) is 38.9 Å². The lowest BCUT2D eigenvalue weighted by Crippen LogP contribution is -2.54. The van der Waals surface area contributed by atoms with Crippen molar-refractivity contribution in [2.75, 3.05) is 18.4 Å². The number of imide groups is 2. The molecule has 4 heterocycles. The van der Waals surface area contributed by atoms with Gasteiger partial charge in [0.25, 0.3) is 11.8 Å². The number of benzene rings is 1. The monoisotopic (exact) mass is 548 g/mol. The van der Waals surface area contributed by atoms with Gasteiger partial charge in [0.2, 0.25) is 17.7 Å². The van der Waals surface area contributed by atoms with Gasteiger partial charge in [-0.15, -0.1) is 0 Å². The Bertz CT molecular complexity index is 1350. The maximum atomic E-state index is 13.3. The third kappa shape index (κ3) is 5.64. The van der Waals surface area contributed by atoms with Crippen molar-refractivity contribution in [2.24, 2.45) is 5.41 Å². The van der Waals surface area contributed by atoms with Crippen LogP contribution in [-0.2, 0) is 20.9 Å². The number of carbonyl (C=O) groups excluding carboxylic acids is 5. The molecule has 5 amide bonds. The molecule has 0 saturated carbocycles. The van der Waals surface area contributed by atoms with E-state index in [1.165, 1.54) is 0 Å². The predicted molar refractivity (Wildman–Crippen MR) is 146 cm³/mol. The summed E-state index contributed by atoms with van der Waals surface area (Å²) in [7, 11) is 0. The molecule has 11 heteroatoms. The number of piperidine rings is 2. The van der Waals surface area contributed by atoms with Crippen LogP contribution in [0.15, 0.2) is 30.6 Å². The number of likely N-dealkylation sites (tertiary alicyclic amines) is 1. The Morgan fingerprint density at radius 2 is 1.82 bits per heavy atom. The number of aromatic nitrogens is 2. The number of rotatable bonds is 7. The molecule has 2 fully saturated rings. The predicted octanol–water partition coefficient (Wildman–Crippen LogP) is 2.89. The van der Waals surface area contributed by atoms with Gasteiger partial charge in [-0.2, -0.15) is 5.10 Å². The van der Waals surface area contributed by atoms with Gasteiger partial charge in [-0.25, -0.2) is 0 Å². The van der Waals surface area contributed by atoms with E-state index in [9.17, 15) is 24.0 Å². The summed E-state index contributed by atoms with van der Waals surface area (Å²) in [6.07, 6.45) is 7.08. The number of fused-ring (bicyclic) bond motifs is 1. The van der Waals surface area contributed by atoms with Crippen LogP contribution in [0.3, 0.4) is 0 Å². The van der Waals surface area contributed by atoms with Gasteiger partial charge in [-0.1, -0.05) is 26.8 Å². The molecule has 1 aromatic carbocycles. The Morgan fingerprint density at radius 3 is 2.52 bits per heavy atom. The Balaban J connectivity index is 1.19. The Kier molecular flexibility index (Phi) is 7.48. The molecule has 0 aliphatic carbocycles. The van der Waals surface area contributed by atoms with E-state index in [1.807, 2.05) is 15.8 Å².